The van der Waals surface area contributed by atoms with E-state index in [2.05, 4.69) is 27.1 Å². The van der Waals surface area contributed by atoms with Crippen molar-refractivity contribution in [2.45, 2.75) is 6.92 Å². The molecular formula is C20H22N4O2. The Morgan fingerprint density at radius 2 is 1.96 bits per heavy atom. The van der Waals surface area contributed by atoms with Crippen molar-refractivity contribution in [1.29, 1.82) is 0 Å². The number of anilines is 2. The number of likely N-dealkylation sites (N-methyl/N-ethyl adjacent to an activating group) is 1. The standard InChI is InChI=1S/C20H22N4O2/c1-14-4-3-5-15-12-17(26-19(14)15)20(25)22-18-7-6-16(13-21-18)24-10-8-23(2)9-11-24/h3-7,12-13H,8-11H2,1-2H3,(H,21,22,25). The van der Waals surface area contributed by atoms with Gasteiger partial charge in [0.25, 0.3) is 5.91 Å². The fourth-order valence-electron chi connectivity index (χ4n) is 3.21. The third-order valence-electron chi connectivity index (χ3n) is 4.82. The van der Waals surface area contributed by atoms with Crippen LogP contribution in [0.25, 0.3) is 11.0 Å². The minimum Gasteiger partial charge on any atom is -0.451 e. The zero-order valence-corrected chi connectivity index (χ0v) is 15.0. The molecule has 0 bridgehead atoms. The Hall–Kier alpha value is -2.86. The highest BCUT2D eigenvalue weighted by Gasteiger charge is 2.16. The van der Waals surface area contributed by atoms with E-state index in [4.69, 9.17) is 4.42 Å². The molecule has 1 amide bonds. The maximum atomic E-state index is 12.5. The van der Waals surface area contributed by atoms with Crippen LogP contribution in [-0.2, 0) is 0 Å². The van der Waals surface area contributed by atoms with E-state index in [1.807, 2.05) is 43.5 Å². The zero-order valence-electron chi connectivity index (χ0n) is 15.0. The van der Waals surface area contributed by atoms with Gasteiger partial charge in [-0.05, 0) is 37.7 Å². The number of hydrogen-bond acceptors (Lipinski definition) is 5. The second-order valence-corrected chi connectivity index (χ2v) is 6.75. The number of carbonyl (C=O) groups is 1. The molecular weight excluding hydrogens is 328 g/mol. The Balaban J connectivity index is 1.46. The van der Waals surface area contributed by atoms with Gasteiger partial charge in [-0.3, -0.25) is 4.79 Å². The first-order valence-electron chi connectivity index (χ1n) is 8.80. The number of aryl methyl sites for hydroxylation is 1. The number of carbonyl (C=O) groups excluding carboxylic acids is 1. The molecule has 4 rings (SSSR count). The molecule has 3 heterocycles. The Labute approximate surface area is 152 Å². The summed E-state index contributed by atoms with van der Waals surface area (Å²) >= 11 is 0. The molecule has 0 saturated carbocycles. The first-order valence-corrected chi connectivity index (χ1v) is 8.80. The molecule has 0 atom stereocenters. The summed E-state index contributed by atoms with van der Waals surface area (Å²) in [5, 5.41) is 3.73. The highest BCUT2D eigenvalue weighted by molar-refractivity contribution is 6.04. The molecule has 0 radical (unpaired) electrons. The van der Waals surface area contributed by atoms with Crippen molar-refractivity contribution >= 4 is 28.4 Å². The Morgan fingerprint density at radius 3 is 2.65 bits per heavy atom. The van der Waals surface area contributed by atoms with Gasteiger partial charge in [-0.2, -0.15) is 0 Å². The van der Waals surface area contributed by atoms with Gasteiger partial charge in [-0.1, -0.05) is 18.2 Å². The first-order chi connectivity index (χ1) is 12.6. The van der Waals surface area contributed by atoms with Crippen LogP contribution in [0.1, 0.15) is 16.1 Å². The van der Waals surface area contributed by atoms with Crippen LogP contribution in [0.3, 0.4) is 0 Å². The van der Waals surface area contributed by atoms with Gasteiger partial charge in [0.1, 0.15) is 11.4 Å². The van der Waals surface area contributed by atoms with E-state index in [0.29, 0.717) is 11.6 Å². The van der Waals surface area contributed by atoms with E-state index < -0.39 is 0 Å². The van der Waals surface area contributed by atoms with E-state index in [-0.39, 0.29) is 5.91 Å². The molecule has 1 saturated heterocycles. The molecule has 0 unspecified atom stereocenters. The van der Waals surface area contributed by atoms with Crippen LogP contribution in [0, 0.1) is 6.92 Å². The zero-order chi connectivity index (χ0) is 18.1. The molecule has 2 aromatic heterocycles. The fraction of sp³-hybridized carbons (Fsp3) is 0.300. The third kappa shape index (κ3) is 3.28. The number of rotatable bonds is 3. The number of nitrogens with one attached hydrogen (secondary N) is 1. The number of amides is 1. The minimum atomic E-state index is -0.291. The maximum absolute atomic E-state index is 12.5. The van der Waals surface area contributed by atoms with E-state index in [9.17, 15) is 4.79 Å². The fourth-order valence-corrected chi connectivity index (χ4v) is 3.21. The number of furan rings is 1. The molecule has 0 aliphatic carbocycles. The van der Waals surface area contributed by atoms with Crippen LogP contribution in [-0.4, -0.2) is 49.0 Å². The summed E-state index contributed by atoms with van der Waals surface area (Å²) in [6, 6.07) is 11.4. The minimum absolute atomic E-state index is 0.291. The van der Waals surface area contributed by atoms with Gasteiger partial charge in [0.2, 0.25) is 0 Å². The van der Waals surface area contributed by atoms with Crippen LogP contribution >= 0.6 is 0 Å². The average Bonchev–Trinajstić information content (AvgIpc) is 3.09. The smallest absolute Gasteiger partial charge is 0.292 e. The molecule has 0 spiro atoms. The van der Waals surface area contributed by atoms with Crippen LogP contribution < -0.4 is 10.2 Å². The van der Waals surface area contributed by atoms with Crippen molar-refractivity contribution < 1.29 is 9.21 Å². The molecule has 1 fully saturated rings. The molecule has 1 N–H and O–H groups in total. The molecule has 134 valence electrons. The number of piperazine rings is 1. The third-order valence-corrected chi connectivity index (χ3v) is 4.82. The van der Waals surface area contributed by atoms with Crippen LogP contribution in [0.5, 0.6) is 0 Å². The number of nitrogens with zero attached hydrogens (tertiary/aromatic N) is 3. The highest BCUT2D eigenvalue weighted by Crippen LogP contribution is 2.23. The number of benzene rings is 1. The normalized spacial score (nSPS) is 15.4. The van der Waals surface area contributed by atoms with E-state index in [1.54, 1.807) is 6.07 Å². The predicted molar refractivity (Wildman–Crippen MR) is 103 cm³/mol. The van der Waals surface area contributed by atoms with Crippen molar-refractivity contribution in [2.75, 3.05) is 43.4 Å². The summed E-state index contributed by atoms with van der Waals surface area (Å²) in [6.07, 6.45) is 1.81. The van der Waals surface area contributed by atoms with Gasteiger partial charge in [-0.25, -0.2) is 4.98 Å². The Kier molecular flexibility index (Phi) is 4.34. The van der Waals surface area contributed by atoms with Gasteiger partial charge >= 0.3 is 0 Å². The predicted octanol–water partition coefficient (Wildman–Crippen LogP) is 3.14. The lowest BCUT2D eigenvalue weighted by atomic mass is 10.2. The lowest BCUT2D eigenvalue weighted by molar-refractivity contribution is 0.0998. The molecule has 3 aromatic rings. The van der Waals surface area contributed by atoms with Crippen LogP contribution in [0.4, 0.5) is 11.5 Å². The van der Waals surface area contributed by atoms with Crippen molar-refractivity contribution in [2.24, 2.45) is 0 Å². The summed E-state index contributed by atoms with van der Waals surface area (Å²) in [4.78, 5) is 21.5. The molecule has 1 aliphatic rings. The monoisotopic (exact) mass is 350 g/mol. The SMILES string of the molecule is Cc1cccc2cc(C(=O)Nc3ccc(N4CCN(C)CC4)cn3)oc12. The van der Waals surface area contributed by atoms with E-state index in [1.165, 1.54) is 0 Å². The Bertz CT molecular complexity index is 925. The maximum Gasteiger partial charge on any atom is 0.292 e. The summed E-state index contributed by atoms with van der Waals surface area (Å²) in [5.74, 6) is 0.518. The molecule has 26 heavy (non-hydrogen) atoms. The molecule has 1 aliphatic heterocycles. The summed E-state index contributed by atoms with van der Waals surface area (Å²) in [6.45, 7) is 6.03. The largest absolute Gasteiger partial charge is 0.451 e. The van der Waals surface area contributed by atoms with Gasteiger partial charge in [-0.15, -0.1) is 0 Å². The Morgan fingerprint density at radius 1 is 1.15 bits per heavy atom. The second-order valence-electron chi connectivity index (χ2n) is 6.75. The van der Waals surface area contributed by atoms with Crippen molar-refractivity contribution in [3.63, 3.8) is 0 Å². The quantitative estimate of drug-likeness (QED) is 0.786. The van der Waals surface area contributed by atoms with Gasteiger partial charge in [0.15, 0.2) is 5.76 Å². The number of para-hydroxylation sites is 1. The lowest BCUT2D eigenvalue weighted by Gasteiger charge is -2.33. The van der Waals surface area contributed by atoms with Gasteiger partial charge in [0, 0.05) is 31.6 Å². The molecule has 1 aromatic carbocycles. The number of pyridine rings is 1. The van der Waals surface area contributed by atoms with Gasteiger partial charge < -0.3 is 19.5 Å². The first kappa shape index (κ1) is 16.6. The van der Waals surface area contributed by atoms with Crippen molar-refractivity contribution in [3.05, 3.63) is 53.9 Å². The van der Waals surface area contributed by atoms with E-state index >= 15 is 0 Å². The summed E-state index contributed by atoms with van der Waals surface area (Å²) < 4.78 is 5.71. The summed E-state index contributed by atoms with van der Waals surface area (Å²) in [5.41, 5.74) is 2.84. The lowest BCUT2D eigenvalue weighted by Crippen LogP contribution is -2.44. The topological polar surface area (TPSA) is 61.6 Å². The number of aromatic nitrogens is 1. The van der Waals surface area contributed by atoms with Crippen LogP contribution in [0.15, 0.2) is 47.0 Å². The van der Waals surface area contributed by atoms with E-state index in [0.717, 1.165) is 48.4 Å². The van der Waals surface area contributed by atoms with Gasteiger partial charge in [0.05, 0.1) is 11.9 Å². The van der Waals surface area contributed by atoms with Crippen molar-refractivity contribution in [1.82, 2.24) is 9.88 Å². The highest BCUT2D eigenvalue weighted by atomic mass is 16.3. The molecule has 6 heteroatoms. The second kappa shape index (κ2) is 6.80. The molecule has 6 nitrogen and oxygen atoms in total. The number of fused-ring (bicyclic) bond motifs is 1. The van der Waals surface area contributed by atoms with Crippen molar-refractivity contribution in [3.8, 4) is 0 Å². The average molecular weight is 350 g/mol. The van der Waals surface area contributed by atoms with Crippen LogP contribution in [0.2, 0.25) is 0 Å². The summed E-state index contributed by atoms with van der Waals surface area (Å²) in [7, 11) is 2.13. The number of hydrogen-bond donors (Lipinski definition) is 1.